The second-order valence-corrected chi connectivity index (χ2v) is 9.20. The summed E-state index contributed by atoms with van der Waals surface area (Å²) in [4.78, 5) is 38.2. The molecule has 2 aromatic carbocycles. The molecule has 3 rings (SSSR count). The first kappa shape index (κ1) is 25.3. The van der Waals surface area contributed by atoms with Crippen molar-refractivity contribution in [1.29, 1.82) is 0 Å². The topological polar surface area (TPSA) is 95.9 Å². The number of hydrogen-bond acceptors (Lipinski definition) is 4. The first-order chi connectivity index (χ1) is 16.3. The van der Waals surface area contributed by atoms with Gasteiger partial charge < -0.3 is 20.1 Å². The molecule has 1 aliphatic carbocycles. The van der Waals surface area contributed by atoms with Crippen molar-refractivity contribution in [2.24, 2.45) is 11.8 Å². The fraction of sp³-hybridized carbons (Fsp3) is 0.444. The summed E-state index contributed by atoms with van der Waals surface area (Å²) in [6.07, 6.45) is 0.714. The Hall–Kier alpha value is -3.35. The van der Waals surface area contributed by atoms with E-state index in [1.54, 1.807) is 0 Å². The van der Waals surface area contributed by atoms with Crippen LogP contribution in [0.4, 0.5) is 4.79 Å². The molecule has 0 fully saturated rings. The number of alkyl carbamates (subject to hydrolysis) is 1. The van der Waals surface area contributed by atoms with Crippen molar-refractivity contribution in [3.8, 4) is 11.1 Å². The van der Waals surface area contributed by atoms with Crippen molar-refractivity contribution in [2.75, 3.05) is 26.2 Å². The summed E-state index contributed by atoms with van der Waals surface area (Å²) in [5.74, 6) is -1.70. The van der Waals surface area contributed by atoms with E-state index < -0.39 is 18.0 Å². The van der Waals surface area contributed by atoms with Gasteiger partial charge in [0.1, 0.15) is 13.2 Å². The molecular formula is C27H34N2O5. The van der Waals surface area contributed by atoms with Crippen LogP contribution in [0.3, 0.4) is 0 Å². The number of benzene rings is 2. The van der Waals surface area contributed by atoms with Gasteiger partial charge in [0.15, 0.2) is 0 Å². The molecule has 182 valence electrons. The number of carbonyl (C=O) groups excluding carboxylic acids is 2. The highest BCUT2D eigenvalue weighted by Gasteiger charge is 2.30. The average Bonchev–Trinajstić information content (AvgIpc) is 3.12. The van der Waals surface area contributed by atoms with Crippen LogP contribution in [0, 0.1) is 11.8 Å². The minimum atomic E-state index is -1.05. The van der Waals surface area contributed by atoms with Crippen LogP contribution < -0.4 is 5.32 Å². The van der Waals surface area contributed by atoms with Gasteiger partial charge in [0.2, 0.25) is 5.91 Å². The molecule has 0 spiro atoms. The third-order valence-corrected chi connectivity index (χ3v) is 6.05. The van der Waals surface area contributed by atoms with Gasteiger partial charge in [0.25, 0.3) is 0 Å². The van der Waals surface area contributed by atoms with Gasteiger partial charge in [-0.2, -0.15) is 0 Å². The molecule has 0 bridgehead atoms. The van der Waals surface area contributed by atoms with Crippen molar-refractivity contribution in [1.82, 2.24) is 10.2 Å². The minimum absolute atomic E-state index is 0.0386. The van der Waals surface area contributed by atoms with E-state index in [4.69, 9.17) is 4.74 Å². The number of aliphatic carboxylic acids is 1. The first-order valence-electron chi connectivity index (χ1n) is 11.9. The normalized spacial score (nSPS) is 13.2. The molecule has 34 heavy (non-hydrogen) atoms. The molecule has 1 aliphatic rings. The Labute approximate surface area is 201 Å². The Balaban J connectivity index is 1.61. The van der Waals surface area contributed by atoms with Gasteiger partial charge in [-0.25, -0.2) is 4.79 Å². The summed E-state index contributed by atoms with van der Waals surface area (Å²) in [5, 5.41) is 11.9. The third-order valence-electron chi connectivity index (χ3n) is 6.05. The highest BCUT2D eigenvalue weighted by Crippen LogP contribution is 2.44. The second-order valence-electron chi connectivity index (χ2n) is 9.20. The Morgan fingerprint density at radius 3 is 2.15 bits per heavy atom. The van der Waals surface area contributed by atoms with Crippen LogP contribution in [0.1, 0.15) is 50.7 Å². The van der Waals surface area contributed by atoms with Gasteiger partial charge in [-0.3, -0.25) is 9.59 Å². The van der Waals surface area contributed by atoms with Crippen LogP contribution in [-0.4, -0.2) is 54.2 Å². The van der Waals surface area contributed by atoms with E-state index >= 15 is 0 Å². The summed E-state index contributed by atoms with van der Waals surface area (Å²) in [6.45, 7) is 6.15. The Morgan fingerprint density at radius 1 is 1.03 bits per heavy atom. The summed E-state index contributed by atoms with van der Waals surface area (Å²) in [7, 11) is 0. The number of carboxylic acid groups (broad SMARTS) is 1. The average molecular weight is 467 g/mol. The maximum absolute atomic E-state index is 13.0. The first-order valence-corrected chi connectivity index (χ1v) is 11.9. The highest BCUT2D eigenvalue weighted by molar-refractivity contribution is 5.84. The standard InChI is InChI=1S/C27H34N2O5/c1-4-9-19(26(32)29(15-18(2)3)16-25(30)31)14-28-27(33)34-17-24-22-12-7-5-10-20(22)21-11-6-8-13-23(21)24/h5-8,10-13,18-19,24H,4,9,14-17H2,1-3H3,(H,28,33)(H,30,31). The van der Waals surface area contributed by atoms with Crippen LogP contribution in [0.15, 0.2) is 48.5 Å². The largest absolute Gasteiger partial charge is 0.480 e. The zero-order chi connectivity index (χ0) is 24.7. The van der Waals surface area contributed by atoms with Gasteiger partial charge in [-0.1, -0.05) is 75.7 Å². The highest BCUT2D eigenvalue weighted by atomic mass is 16.5. The molecule has 0 saturated heterocycles. The van der Waals surface area contributed by atoms with Gasteiger partial charge in [0, 0.05) is 19.0 Å². The number of carbonyl (C=O) groups is 3. The van der Waals surface area contributed by atoms with E-state index in [0.29, 0.717) is 13.0 Å². The van der Waals surface area contributed by atoms with Crippen LogP contribution in [0.25, 0.3) is 11.1 Å². The predicted octanol–water partition coefficient (Wildman–Crippen LogP) is 4.51. The molecule has 0 saturated carbocycles. The van der Waals surface area contributed by atoms with Crippen molar-refractivity contribution in [2.45, 2.75) is 39.5 Å². The van der Waals surface area contributed by atoms with Gasteiger partial charge in [-0.15, -0.1) is 0 Å². The molecule has 1 unspecified atom stereocenters. The molecule has 2 aromatic rings. The van der Waals surface area contributed by atoms with Crippen LogP contribution >= 0.6 is 0 Å². The second kappa shape index (κ2) is 11.7. The molecule has 0 aliphatic heterocycles. The van der Waals surface area contributed by atoms with Gasteiger partial charge in [-0.05, 0) is 34.6 Å². The Morgan fingerprint density at radius 2 is 1.62 bits per heavy atom. The number of fused-ring (bicyclic) bond motifs is 3. The van der Waals surface area contributed by atoms with Crippen molar-refractivity contribution < 1.29 is 24.2 Å². The number of nitrogens with zero attached hydrogens (tertiary/aromatic N) is 1. The maximum Gasteiger partial charge on any atom is 0.407 e. The van der Waals surface area contributed by atoms with Crippen LogP contribution in [0.2, 0.25) is 0 Å². The Kier molecular flexibility index (Phi) is 8.68. The van der Waals surface area contributed by atoms with E-state index in [0.717, 1.165) is 28.7 Å². The van der Waals surface area contributed by atoms with Gasteiger partial charge in [0.05, 0.1) is 5.92 Å². The molecule has 0 radical (unpaired) electrons. The summed E-state index contributed by atoms with van der Waals surface area (Å²) < 4.78 is 5.57. The molecule has 2 N–H and O–H groups in total. The van der Waals surface area contributed by atoms with E-state index in [1.165, 1.54) is 4.90 Å². The zero-order valence-corrected chi connectivity index (χ0v) is 20.1. The predicted molar refractivity (Wildman–Crippen MR) is 131 cm³/mol. The van der Waals surface area contributed by atoms with Crippen molar-refractivity contribution in [3.63, 3.8) is 0 Å². The summed E-state index contributed by atoms with van der Waals surface area (Å²) >= 11 is 0. The number of hydrogen-bond donors (Lipinski definition) is 2. The SMILES string of the molecule is CCCC(CNC(=O)OCC1c2ccccc2-c2ccccc21)C(=O)N(CC(=O)O)CC(C)C. The number of rotatable bonds is 11. The maximum atomic E-state index is 13.0. The van der Waals surface area contributed by atoms with E-state index in [1.807, 2.05) is 45.0 Å². The van der Waals surface area contributed by atoms with E-state index in [2.05, 4.69) is 29.6 Å². The monoisotopic (exact) mass is 466 g/mol. The number of ether oxygens (including phenoxy) is 1. The quantitative estimate of drug-likeness (QED) is 0.508. The molecule has 1 atom stereocenters. The molecule has 2 amide bonds. The number of amides is 2. The lowest BCUT2D eigenvalue weighted by Gasteiger charge is -2.27. The fourth-order valence-electron chi connectivity index (χ4n) is 4.61. The zero-order valence-electron chi connectivity index (χ0n) is 20.1. The van der Waals surface area contributed by atoms with Gasteiger partial charge >= 0.3 is 12.1 Å². The summed E-state index contributed by atoms with van der Waals surface area (Å²) in [5.41, 5.74) is 4.58. The molecule has 0 aromatic heterocycles. The molecule has 7 heteroatoms. The lowest BCUT2D eigenvalue weighted by Crippen LogP contribution is -2.45. The number of carboxylic acids is 1. The van der Waals surface area contributed by atoms with E-state index in [-0.39, 0.29) is 37.4 Å². The number of nitrogens with one attached hydrogen (secondary N) is 1. The minimum Gasteiger partial charge on any atom is -0.480 e. The van der Waals surface area contributed by atoms with Crippen molar-refractivity contribution >= 4 is 18.0 Å². The van der Waals surface area contributed by atoms with Crippen LogP contribution in [0.5, 0.6) is 0 Å². The lowest BCUT2D eigenvalue weighted by molar-refractivity contribution is -0.146. The molecule has 7 nitrogen and oxygen atoms in total. The molecule has 0 heterocycles. The third kappa shape index (κ3) is 6.16. The van der Waals surface area contributed by atoms with Crippen LogP contribution in [-0.2, 0) is 14.3 Å². The molecular weight excluding hydrogens is 432 g/mol. The summed E-state index contributed by atoms with van der Waals surface area (Å²) in [6, 6.07) is 16.3. The smallest absolute Gasteiger partial charge is 0.407 e. The Bertz CT molecular complexity index is 974. The van der Waals surface area contributed by atoms with Crippen molar-refractivity contribution in [3.05, 3.63) is 59.7 Å². The van der Waals surface area contributed by atoms with E-state index in [9.17, 15) is 19.5 Å². The fourth-order valence-corrected chi connectivity index (χ4v) is 4.61. The lowest BCUT2D eigenvalue weighted by atomic mass is 9.98.